The molecule has 0 unspecified atom stereocenters. The van der Waals surface area contributed by atoms with Gasteiger partial charge in [0.2, 0.25) is 10.0 Å². The monoisotopic (exact) mass is 450 g/mol. The van der Waals surface area contributed by atoms with Gasteiger partial charge in [0.1, 0.15) is 5.69 Å². The second-order valence-electron chi connectivity index (χ2n) is 6.41. The van der Waals surface area contributed by atoms with Crippen molar-refractivity contribution in [3.05, 3.63) is 52.1 Å². The van der Waals surface area contributed by atoms with Crippen LogP contribution in [0.5, 0.6) is 11.5 Å². The second kappa shape index (κ2) is 9.73. The third-order valence-electron chi connectivity index (χ3n) is 4.60. The summed E-state index contributed by atoms with van der Waals surface area (Å²) < 4.78 is 42.5. The number of ether oxygens (including phenoxy) is 3. The van der Waals surface area contributed by atoms with Crippen molar-refractivity contribution in [1.82, 2.24) is 4.31 Å². The number of methoxy groups -OCH3 is 2. The summed E-state index contributed by atoms with van der Waals surface area (Å²) in [5.41, 5.74) is 2.81. The first kappa shape index (κ1) is 22.5. The maximum absolute atomic E-state index is 12.8. The van der Waals surface area contributed by atoms with Crippen LogP contribution in [0.25, 0.3) is 0 Å². The van der Waals surface area contributed by atoms with Crippen LogP contribution in [0.15, 0.2) is 46.4 Å². The highest BCUT2D eigenvalue weighted by atomic mass is 32.2. The fourth-order valence-corrected chi connectivity index (χ4v) is 4.47. The molecule has 1 N–H and O–H groups in total. The van der Waals surface area contributed by atoms with E-state index in [1.165, 1.54) is 36.9 Å². The van der Waals surface area contributed by atoms with Crippen LogP contribution in [0.1, 0.15) is 5.56 Å². The highest BCUT2D eigenvalue weighted by Gasteiger charge is 2.28. The van der Waals surface area contributed by atoms with E-state index in [0.717, 1.165) is 6.07 Å². The number of para-hydroxylation sites is 1. The van der Waals surface area contributed by atoms with Crippen molar-refractivity contribution in [2.24, 2.45) is 5.10 Å². The third-order valence-corrected chi connectivity index (χ3v) is 6.49. The minimum Gasteiger partial charge on any atom is -0.493 e. The Kier molecular flexibility index (Phi) is 7.05. The van der Waals surface area contributed by atoms with Gasteiger partial charge in [0, 0.05) is 24.7 Å². The number of anilines is 1. The zero-order valence-corrected chi connectivity index (χ0v) is 17.8. The number of sulfonamides is 1. The zero-order chi connectivity index (χ0) is 22.4. The lowest BCUT2D eigenvalue weighted by Crippen LogP contribution is -2.40. The molecular weight excluding hydrogens is 428 g/mol. The maximum atomic E-state index is 12.8. The summed E-state index contributed by atoms with van der Waals surface area (Å²) in [6.45, 7) is 0.957. The molecule has 0 bridgehead atoms. The van der Waals surface area contributed by atoms with Gasteiger partial charge in [-0.2, -0.15) is 9.41 Å². The number of hydrazone groups is 1. The molecule has 0 aromatic heterocycles. The Morgan fingerprint density at radius 2 is 1.94 bits per heavy atom. The van der Waals surface area contributed by atoms with E-state index in [-0.39, 0.29) is 36.9 Å². The van der Waals surface area contributed by atoms with Crippen molar-refractivity contribution in [2.45, 2.75) is 4.90 Å². The lowest BCUT2D eigenvalue weighted by molar-refractivity contribution is -0.384. The maximum Gasteiger partial charge on any atom is 0.295 e. The van der Waals surface area contributed by atoms with Crippen LogP contribution in [0.3, 0.4) is 0 Å². The summed E-state index contributed by atoms with van der Waals surface area (Å²) in [6, 6.07) is 8.85. The fraction of sp³-hybridized carbons (Fsp3) is 0.316. The summed E-state index contributed by atoms with van der Waals surface area (Å²) in [5.74, 6) is 0.965. The molecule has 1 fully saturated rings. The zero-order valence-electron chi connectivity index (χ0n) is 17.0. The number of nitrogens with zero attached hydrogens (tertiary/aromatic N) is 3. The van der Waals surface area contributed by atoms with E-state index in [1.54, 1.807) is 18.2 Å². The number of nitro groups is 1. The van der Waals surface area contributed by atoms with Gasteiger partial charge in [-0.3, -0.25) is 15.5 Å². The van der Waals surface area contributed by atoms with Gasteiger partial charge in [0.15, 0.2) is 11.5 Å². The van der Waals surface area contributed by atoms with E-state index in [9.17, 15) is 18.5 Å². The van der Waals surface area contributed by atoms with Crippen molar-refractivity contribution in [3.8, 4) is 11.5 Å². The van der Waals surface area contributed by atoms with Crippen molar-refractivity contribution in [1.29, 1.82) is 0 Å². The van der Waals surface area contributed by atoms with E-state index in [4.69, 9.17) is 14.2 Å². The highest BCUT2D eigenvalue weighted by Crippen LogP contribution is 2.31. The van der Waals surface area contributed by atoms with Crippen LogP contribution in [0.2, 0.25) is 0 Å². The molecule has 31 heavy (non-hydrogen) atoms. The van der Waals surface area contributed by atoms with Crippen LogP contribution >= 0.6 is 0 Å². The smallest absolute Gasteiger partial charge is 0.295 e. The number of benzene rings is 2. The van der Waals surface area contributed by atoms with Gasteiger partial charge in [0.25, 0.3) is 5.69 Å². The van der Waals surface area contributed by atoms with Gasteiger partial charge in [-0.15, -0.1) is 0 Å². The summed E-state index contributed by atoms with van der Waals surface area (Å²) >= 11 is 0. The molecule has 166 valence electrons. The van der Waals surface area contributed by atoms with Crippen molar-refractivity contribution in [2.75, 3.05) is 45.9 Å². The van der Waals surface area contributed by atoms with Crippen LogP contribution in [0, 0.1) is 10.1 Å². The molecule has 11 nitrogen and oxygen atoms in total. The molecule has 0 atom stereocenters. The molecule has 2 aromatic carbocycles. The second-order valence-corrected chi connectivity index (χ2v) is 8.34. The number of rotatable bonds is 8. The Labute approximate surface area is 179 Å². The van der Waals surface area contributed by atoms with Crippen molar-refractivity contribution in [3.63, 3.8) is 0 Å². The molecule has 0 aliphatic carbocycles. The minimum absolute atomic E-state index is 0.0454. The van der Waals surface area contributed by atoms with Gasteiger partial charge >= 0.3 is 0 Å². The first-order chi connectivity index (χ1) is 14.9. The lowest BCUT2D eigenvalue weighted by atomic mass is 10.2. The SMILES string of the molecule is COc1cccc(C=NNc2ccc(S(=O)(=O)N3CCOCC3)cc2[N+](=O)[O-])c1OC. The fourth-order valence-electron chi connectivity index (χ4n) is 3.04. The van der Waals surface area contributed by atoms with E-state index in [1.807, 2.05) is 0 Å². The molecule has 1 aliphatic heterocycles. The van der Waals surface area contributed by atoms with Crippen LogP contribution in [-0.4, -0.2) is 64.4 Å². The van der Waals surface area contributed by atoms with Crippen LogP contribution in [-0.2, 0) is 14.8 Å². The molecule has 0 radical (unpaired) electrons. The normalized spacial score (nSPS) is 15.0. The van der Waals surface area contributed by atoms with E-state index >= 15 is 0 Å². The van der Waals surface area contributed by atoms with E-state index < -0.39 is 20.6 Å². The van der Waals surface area contributed by atoms with Crippen LogP contribution in [0.4, 0.5) is 11.4 Å². The Morgan fingerprint density at radius 3 is 2.58 bits per heavy atom. The first-order valence-electron chi connectivity index (χ1n) is 9.25. The van der Waals surface area contributed by atoms with Crippen molar-refractivity contribution >= 4 is 27.6 Å². The van der Waals surface area contributed by atoms with Gasteiger partial charge in [-0.25, -0.2) is 8.42 Å². The molecule has 2 aromatic rings. The summed E-state index contributed by atoms with van der Waals surface area (Å²) in [6.07, 6.45) is 1.42. The lowest BCUT2D eigenvalue weighted by Gasteiger charge is -2.26. The van der Waals surface area contributed by atoms with E-state index in [2.05, 4.69) is 10.5 Å². The Hall–Kier alpha value is -3.22. The molecule has 12 heteroatoms. The predicted molar refractivity (Wildman–Crippen MR) is 113 cm³/mol. The average Bonchev–Trinajstić information content (AvgIpc) is 2.79. The molecule has 0 saturated carbocycles. The Morgan fingerprint density at radius 1 is 1.19 bits per heavy atom. The number of morpholine rings is 1. The summed E-state index contributed by atoms with van der Waals surface area (Å²) in [5, 5.41) is 15.6. The third kappa shape index (κ3) is 4.93. The largest absolute Gasteiger partial charge is 0.493 e. The molecular formula is C19H22N4O7S. The molecule has 0 spiro atoms. The van der Waals surface area contributed by atoms with Gasteiger partial charge in [-0.05, 0) is 24.3 Å². The Balaban J connectivity index is 1.86. The van der Waals surface area contributed by atoms with Crippen LogP contribution < -0.4 is 14.9 Å². The van der Waals surface area contributed by atoms with Gasteiger partial charge < -0.3 is 14.2 Å². The number of hydrogen-bond donors (Lipinski definition) is 1. The summed E-state index contributed by atoms with van der Waals surface area (Å²) in [4.78, 5) is 10.7. The molecule has 0 amide bonds. The molecule has 1 aliphatic rings. The standard InChI is InChI=1S/C19H22N4O7S/c1-28-18-5-3-4-14(19(18)29-2)13-20-21-16-7-6-15(12-17(16)23(24)25)31(26,27)22-8-10-30-11-9-22/h3-7,12-13,21H,8-11H2,1-2H3. The average molecular weight is 450 g/mol. The Bertz CT molecular complexity index is 1080. The van der Waals surface area contributed by atoms with Gasteiger partial charge in [0.05, 0.1) is 43.5 Å². The first-order valence-corrected chi connectivity index (χ1v) is 10.7. The number of hydrogen-bond acceptors (Lipinski definition) is 9. The quantitative estimate of drug-likeness (QED) is 0.367. The van der Waals surface area contributed by atoms with Gasteiger partial charge in [-0.1, -0.05) is 6.07 Å². The predicted octanol–water partition coefficient (Wildman–Crippen LogP) is 2.08. The molecule has 1 heterocycles. The summed E-state index contributed by atoms with van der Waals surface area (Å²) in [7, 11) is -0.869. The highest BCUT2D eigenvalue weighted by molar-refractivity contribution is 7.89. The number of nitrogens with one attached hydrogen (secondary N) is 1. The number of nitro benzene ring substituents is 1. The van der Waals surface area contributed by atoms with E-state index in [0.29, 0.717) is 17.1 Å². The topological polar surface area (TPSA) is 133 Å². The van der Waals surface area contributed by atoms with Crippen molar-refractivity contribution < 1.29 is 27.6 Å². The molecule has 3 rings (SSSR count). The minimum atomic E-state index is -3.86. The molecule has 1 saturated heterocycles.